The van der Waals surface area contributed by atoms with Crippen LogP contribution in [0.2, 0.25) is 0 Å². The van der Waals surface area contributed by atoms with E-state index >= 15 is 0 Å². The average Bonchev–Trinajstić information content (AvgIpc) is 2.60. The Morgan fingerprint density at radius 3 is 2.25 bits per heavy atom. The number of thioether (sulfide) groups is 1. The van der Waals surface area contributed by atoms with E-state index in [1.165, 1.54) is 11.0 Å². The summed E-state index contributed by atoms with van der Waals surface area (Å²) in [5.74, 6) is -0.125. The van der Waals surface area contributed by atoms with Crippen molar-refractivity contribution in [1.29, 1.82) is 0 Å². The van der Waals surface area contributed by atoms with Gasteiger partial charge in [-0.05, 0) is 61.2 Å². The van der Waals surface area contributed by atoms with Crippen LogP contribution in [0.3, 0.4) is 0 Å². The zero-order valence-electron chi connectivity index (χ0n) is 13.5. The largest absolute Gasteiger partial charge is 0.289 e. The third-order valence-electron chi connectivity index (χ3n) is 3.37. The van der Waals surface area contributed by atoms with Crippen molar-refractivity contribution in [2.45, 2.75) is 11.8 Å². The SMILES string of the molecule is CCS(=O)(=O)Nc1ccc(C(=O)C=Cc2ccc(SC)cc2)cc1. The molecule has 0 fully saturated rings. The van der Waals surface area contributed by atoms with E-state index in [1.54, 1.807) is 49.0 Å². The van der Waals surface area contributed by atoms with Crippen LogP contribution in [0, 0.1) is 0 Å². The number of anilines is 1. The van der Waals surface area contributed by atoms with Gasteiger partial charge in [0.1, 0.15) is 0 Å². The standard InChI is InChI=1S/C18H19NO3S2/c1-3-24(21,22)19-16-9-7-15(8-10-16)18(20)13-6-14-4-11-17(23-2)12-5-14/h4-13,19H,3H2,1-2H3. The topological polar surface area (TPSA) is 63.2 Å². The molecule has 126 valence electrons. The van der Waals surface area contributed by atoms with Gasteiger partial charge >= 0.3 is 0 Å². The lowest BCUT2D eigenvalue weighted by molar-refractivity contribution is 0.104. The molecule has 0 atom stereocenters. The zero-order valence-corrected chi connectivity index (χ0v) is 15.2. The maximum atomic E-state index is 12.2. The van der Waals surface area contributed by atoms with Gasteiger partial charge in [0.2, 0.25) is 10.0 Å². The van der Waals surface area contributed by atoms with E-state index in [-0.39, 0.29) is 11.5 Å². The number of allylic oxidation sites excluding steroid dienone is 1. The predicted molar refractivity (Wildman–Crippen MR) is 101 cm³/mol. The highest BCUT2D eigenvalue weighted by Crippen LogP contribution is 2.16. The van der Waals surface area contributed by atoms with Crippen LogP contribution in [-0.4, -0.2) is 26.2 Å². The Kier molecular flexibility index (Phi) is 6.23. The van der Waals surface area contributed by atoms with Gasteiger partial charge in [-0.3, -0.25) is 9.52 Å². The van der Waals surface area contributed by atoms with Crippen LogP contribution in [0.1, 0.15) is 22.8 Å². The van der Waals surface area contributed by atoms with Gasteiger partial charge in [0.25, 0.3) is 0 Å². The molecule has 0 aliphatic rings. The number of sulfonamides is 1. The smallest absolute Gasteiger partial charge is 0.232 e. The van der Waals surface area contributed by atoms with E-state index in [4.69, 9.17) is 0 Å². The maximum absolute atomic E-state index is 12.2. The molecule has 4 nitrogen and oxygen atoms in total. The third-order valence-corrected chi connectivity index (χ3v) is 5.42. The highest BCUT2D eigenvalue weighted by atomic mass is 32.2. The number of carbonyl (C=O) groups is 1. The highest BCUT2D eigenvalue weighted by molar-refractivity contribution is 7.98. The van der Waals surface area contributed by atoms with Crippen LogP contribution in [0.4, 0.5) is 5.69 Å². The molecule has 6 heteroatoms. The van der Waals surface area contributed by atoms with E-state index in [9.17, 15) is 13.2 Å². The summed E-state index contributed by atoms with van der Waals surface area (Å²) in [4.78, 5) is 13.3. The molecule has 2 rings (SSSR count). The summed E-state index contributed by atoms with van der Waals surface area (Å²) < 4.78 is 25.4. The molecule has 0 bridgehead atoms. The molecular weight excluding hydrogens is 342 g/mol. The molecule has 0 saturated carbocycles. The molecule has 0 saturated heterocycles. The van der Waals surface area contributed by atoms with Crippen molar-refractivity contribution in [3.63, 3.8) is 0 Å². The minimum atomic E-state index is -3.31. The van der Waals surface area contributed by atoms with E-state index in [0.29, 0.717) is 11.3 Å². The van der Waals surface area contributed by atoms with Crippen molar-refractivity contribution in [3.8, 4) is 0 Å². The first-order valence-corrected chi connectivity index (χ1v) is 10.3. The molecule has 0 unspecified atom stereocenters. The minimum Gasteiger partial charge on any atom is -0.289 e. The van der Waals surface area contributed by atoms with Crippen molar-refractivity contribution >= 4 is 39.3 Å². The summed E-state index contributed by atoms with van der Waals surface area (Å²) in [5.41, 5.74) is 1.91. The molecule has 0 aliphatic carbocycles. The Morgan fingerprint density at radius 2 is 1.71 bits per heavy atom. The van der Waals surface area contributed by atoms with Crippen molar-refractivity contribution in [1.82, 2.24) is 0 Å². The fourth-order valence-electron chi connectivity index (χ4n) is 1.94. The van der Waals surface area contributed by atoms with Gasteiger partial charge in [-0.25, -0.2) is 8.42 Å². The van der Waals surface area contributed by atoms with E-state index < -0.39 is 10.0 Å². The van der Waals surface area contributed by atoms with Crippen molar-refractivity contribution in [2.75, 3.05) is 16.7 Å². The zero-order chi connectivity index (χ0) is 17.6. The molecule has 0 heterocycles. The molecule has 2 aromatic carbocycles. The number of benzene rings is 2. The van der Waals surface area contributed by atoms with Gasteiger partial charge in [0, 0.05) is 16.1 Å². The highest BCUT2D eigenvalue weighted by Gasteiger charge is 2.07. The molecule has 0 aromatic heterocycles. The number of carbonyl (C=O) groups excluding carboxylic acids is 1. The average molecular weight is 361 g/mol. The number of hydrogen-bond acceptors (Lipinski definition) is 4. The van der Waals surface area contributed by atoms with Gasteiger partial charge in [0.05, 0.1) is 5.75 Å². The molecule has 1 N–H and O–H groups in total. The number of nitrogens with one attached hydrogen (secondary N) is 1. The summed E-state index contributed by atoms with van der Waals surface area (Å²) in [7, 11) is -3.31. The van der Waals surface area contributed by atoms with Crippen LogP contribution < -0.4 is 4.72 Å². The van der Waals surface area contributed by atoms with Crippen molar-refractivity contribution in [2.24, 2.45) is 0 Å². The van der Waals surface area contributed by atoms with Crippen LogP contribution in [-0.2, 0) is 10.0 Å². The van der Waals surface area contributed by atoms with Gasteiger partial charge in [-0.1, -0.05) is 18.2 Å². The first-order chi connectivity index (χ1) is 11.4. The molecule has 0 aliphatic heterocycles. The summed E-state index contributed by atoms with van der Waals surface area (Å²) in [6, 6.07) is 14.3. The summed E-state index contributed by atoms with van der Waals surface area (Å²) in [6.07, 6.45) is 5.29. The Morgan fingerprint density at radius 1 is 1.08 bits per heavy atom. The van der Waals surface area contributed by atoms with E-state index in [0.717, 1.165) is 5.56 Å². The second-order valence-electron chi connectivity index (χ2n) is 5.05. The van der Waals surface area contributed by atoms with E-state index in [1.807, 2.05) is 30.5 Å². The lowest BCUT2D eigenvalue weighted by Gasteiger charge is -2.06. The second-order valence-corrected chi connectivity index (χ2v) is 7.94. The number of hydrogen-bond donors (Lipinski definition) is 1. The Hall–Kier alpha value is -2.05. The van der Waals surface area contributed by atoms with Crippen molar-refractivity contribution in [3.05, 3.63) is 65.7 Å². The van der Waals surface area contributed by atoms with Gasteiger partial charge in [-0.15, -0.1) is 11.8 Å². The summed E-state index contributed by atoms with van der Waals surface area (Å²) >= 11 is 1.67. The maximum Gasteiger partial charge on any atom is 0.232 e. The Balaban J connectivity index is 2.05. The first kappa shape index (κ1) is 18.3. The predicted octanol–water partition coefficient (Wildman–Crippen LogP) is 4.07. The lowest BCUT2D eigenvalue weighted by Crippen LogP contribution is -2.14. The fraction of sp³-hybridized carbons (Fsp3) is 0.167. The third kappa shape index (κ3) is 5.25. The molecule has 0 spiro atoms. The van der Waals surface area contributed by atoms with Crippen LogP contribution in [0.15, 0.2) is 59.5 Å². The summed E-state index contributed by atoms with van der Waals surface area (Å²) in [6.45, 7) is 1.57. The lowest BCUT2D eigenvalue weighted by atomic mass is 10.1. The Labute approximate surface area is 147 Å². The quantitative estimate of drug-likeness (QED) is 0.459. The van der Waals surface area contributed by atoms with Gasteiger partial charge in [0.15, 0.2) is 5.78 Å². The van der Waals surface area contributed by atoms with Gasteiger partial charge in [-0.2, -0.15) is 0 Å². The fourth-order valence-corrected chi connectivity index (χ4v) is 2.99. The van der Waals surface area contributed by atoms with Crippen molar-refractivity contribution < 1.29 is 13.2 Å². The molecule has 0 radical (unpaired) electrons. The number of rotatable bonds is 7. The molecular formula is C18H19NO3S2. The number of ketones is 1. The molecule has 0 amide bonds. The van der Waals surface area contributed by atoms with Gasteiger partial charge < -0.3 is 0 Å². The monoisotopic (exact) mass is 361 g/mol. The summed E-state index contributed by atoms with van der Waals surface area (Å²) in [5, 5.41) is 0. The second kappa shape index (κ2) is 8.17. The van der Waals surface area contributed by atoms with E-state index in [2.05, 4.69) is 4.72 Å². The van der Waals surface area contributed by atoms with Crippen LogP contribution >= 0.6 is 11.8 Å². The normalized spacial score (nSPS) is 11.6. The Bertz CT molecular complexity index is 824. The van der Waals surface area contributed by atoms with Crippen LogP contribution in [0.25, 0.3) is 6.08 Å². The molecule has 24 heavy (non-hydrogen) atoms. The first-order valence-electron chi connectivity index (χ1n) is 7.40. The van der Waals surface area contributed by atoms with Crippen LogP contribution in [0.5, 0.6) is 0 Å². The minimum absolute atomic E-state index is 0.00570. The molecule has 2 aromatic rings.